The van der Waals surface area contributed by atoms with Crippen LogP contribution in [0.15, 0.2) is 47.6 Å². The molecule has 0 aromatic heterocycles. The molecule has 0 radical (unpaired) electrons. The molecule has 0 aromatic rings. The van der Waals surface area contributed by atoms with Crippen molar-refractivity contribution < 1.29 is 0 Å². The largest absolute Gasteiger partial charge is 0.327 e. The smallest absolute Gasteiger partial charge is 0.0120 e. The molecule has 0 atom stereocenters. The lowest BCUT2D eigenvalue weighted by Gasteiger charge is -2.12. The van der Waals surface area contributed by atoms with Crippen LogP contribution in [0.1, 0.15) is 40.5 Å². The van der Waals surface area contributed by atoms with Crippen molar-refractivity contribution in [3.8, 4) is 0 Å². The summed E-state index contributed by atoms with van der Waals surface area (Å²) in [5, 5.41) is 0. The highest BCUT2D eigenvalue weighted by atomic mass is 14.6. The third kappa shape index (κ3) is 6.41. The van der Waals surface area contributed by atoms with E-state index in [0.717, 1.165) is 12.8 Å². The lowest BCUT2D eigenvalue weighted by molar-refractivity contribution is 0.668. The highest BCUT2D eigenvalue weighted by Crippen LogP contribution is 2.13. The van der Waals surface area contributed by atoms with Crippen LogP contribution in [0.3, 0.4) is 0 Å². The minimum atomic E-state index is 0.199. The minimum Gasteiger partial charge on any atom is -0.327 e. The topological polar surface area (TPSA) is 26.0 Å². The summed E-state index contributed by atoms with van der Waals surface area (Å²) < 4.78 is 0. The predicted octanol–water partition coefficient (Wildman–Crippen LogP) is 4.14. The summed E-state index contributed by atoms with van der Waals surface area (Å²) in [5.41, 5.74) is 8.76. The second-order valence-electron chi connectivity index (χ2n) is 3.90. The first-order valence-electron chi connectivity index (χ1n) is 5.99. The standard InChI is InChI=1S/C15H25N/c1-5-9-13(7-3)11-15(16)12-14(8-4)10-6-2/h5-10,15H,11-12,16H2,1-4H3/b9-5-,10-6-,13-7+,14-8+. The molecule has 0 amide bonds. The van der Waals surface area contributed by atoms with E-state index in [-0.39, 0.29) is 6.04 Å². The van der Waals surface area contributed by atoms with Crippen molar-refractivity contribution in [2.24, 2.45) is 5.73 Å². The second-order valence-corrected chi connectivity index (χ2v) is 3.90. The van der Waals surface area contributed by atoms with Crippen LogP contribution in [0.4, 0.5) is 0 Å². The summed E-state index contributed by atoms with van der Waals surface area (Å²) in [6, 6.07) is 0.199. The summed E-state index contributed by atoms with van der Waals surface area (Å²) in [4.78, 5) is 0. The van der Waals surface area contributed by atoms with Crippen LogP contribution in [0.2, 0.25) is 0 Å². The fourth-order valence-corrected chi connectivity index (χ4v) is 1.67. The van der Waals surface area contributed by atoms with E-state index in [1.54, 1.807) is 0 Å². The number of hydrogen-bond acceptors (Lipinski definition) is 1. The molecule has 0 saturated heterocycles. The SMILES string of the molecule is C/C=C\C(=C/C)CC(N)CC(/C=C\C)=C/C. The van der Waals surface area contributed by atoms with Crippen molar-refractivity contribution in [1.82, 2.24) is 0 Å². The van der Waals surface area contributed by atoms with Crippen LogP contribution in [0, 0.1) is 0 Å². The second kappa shape index (κ2) is 9.17. The highest BCUT2D eigenvalue weighted by Gasteiger charge is 2.05. The van der Waals surface area contributed by atoms with E-state index in [1.807, 2.05) is 13.8 Å². The average molecular weight is 219 g/mol. The fourth-order valence-electron chi connectivity index (χ4n) is 1.67. The van der Waals surface area contributed by atoms with Gasteiger partial charge in [0.15, 0.2) is 0 Å². The fraction of sp³-hybridized carbons (Fsp3) is 0.467. The molecule has 90 valence electrons. The van der Waals surface area contributed by atoms with E-state index in [1.165, 1.54) is 11.1 Å². The van der Waals surface area contributed by atoms with Crippen molar-refractivity contribution in [1.29, 1.82) is 0 Å². The number of nitrogens with two attached hydrogens (primary N) is 1. The Kier molecular flexibility index (Phi) is 8.55. The van der Waals surface area contributed by atoms with Gasteiger partial charge in [-0.15, -0.1) is 0 Å². The predicted molar refractivity (Wildman–Crippen MR) is 74.4 cm³/mol. The Labute approximate surface area is 100 Å². The van der Waals surface area contributed by atoms with Crippen molar-refractivity contribution in [2.45, 2.75) is 46.6 Å². The molecular weight excluding hydrogens is 194 g/mol. The van der Waals surface area contributed by atoms with Crippen LogP contribution in [-0.4, -0.2) is 6.04 Å². The van der Waals surface area contributed by atoms with Gasteiger partial charge in [0.1, 0.15) is 0 Å². The molecule has 0 aromatic carbocycles. The molecule has 2 N–H and O–H groups in total. The molecule has 0 aliphatic heterocycles. The van der Waals surface area contributed by atoms with Gasteiger partial charge in [-0.05, 0) is 40.5 Å². The summed E-state index contributed by atoms with van der Waals surface area (Å²) in [7, 11) is 0. The number of rotatable bonds is 6. The van der Waals surface area contributed by atoms with Crippen molar-refractivity contribution in [3.63, 3.8) is 0 Å². The van der Waals surface area contributed by atoms with Gasteiger partial charge in [-0.1, -0.05) is 47.6 Å². The Morgan fingerprint density at radius 3 is 1.50 bits per heavy atom. The van der Waals surface area contributed by atoms with Gasteiger partial charge in [0.2, 0.25) is 0 Å². The van der Waals surface area contributed by atoms with E-state index in [2.05, 4.69) is 50.3 Å². The van der Waals surface area contributed by atoms with Gasteiger partial charge in [-0.2, -0.15) is 0 Å². The first-order chi connectivity index (χ1) is 7.67. The molecule has 0 rings (SSSR count). The highest BCUT2D eigenvalue weighted by molar-refractivity contribution is 5.22. The Morgan fingerprint density at radius 1 is 0.875 bits per heavy atom. The lowest BCUT2D eigenvalue weighted by Crippen LogP contribution is -2.20. The molecule has 0 spiro atoms. The maximum absolute atomic E-state index is 6.14. The molecule has 0 saturated carbocycles. The molecule has 0 aliphatic carbocycles. The molecule has 16 heavy (non-hydrogen) atoms. The summed E-state index contributed by atoms with van der Waals surface area (Å²) >= 11 is 0. The van der Waals surface area contributed by atoms with Crippen LogP contribution in [0.5, 0.6) is 0 Å². The first kappa shape index (κ1) is 14.9. The van der Waals surface area contributed by atoms with Crippen molar-refractivity contribution in [2.75, 3.05) is 0 Å². The normalized spacial score (nSPS) is 16.3. The van der Waals surface area contributed by atoms with Crippen LogP contribution >= 0.6 is 0 Å². The van der Waals surface area contributed by atoms with Crippen LogP contribution in [0.25, 0.3) is 0 Å². The Balaban J connectivity index is 4.31. The summed E-state index contributed by atoms with van der Waals surface area (Å²) in [6.07, 6.45) is 14.5. The van der Waals surface area contributed by atoms with Gasteiger partial charge >= 0.3 is 0 Å². The molecule has 0 unspecified atom stereocenters. The van der Waals surface area contributed by atoms with Crippen LogP contribution in [-0.2, 0) is 0 Å². The Bertz CT molecular complexity index is 263. The third-order valence-corrected chi connectivity index (χ3v) is 2.50. The number of allylic oxidation sites excluding steroid dienone is 6. The molecule has 0 aliphatic rings. The maximum Gasteiger partial charge on any atom is 0.0120 e. The van der Waals surface area contributed by atoms with Crippen molar-refractivity contribution in [3.05, 3.63) is 47.6 Å². The first-order valence-corrected chi connectivity index (χ1v) is 5.99. The molecular formula is C15H25N. The van der Waals surface area contributed by atoms with E-state index < -0.39 is 0 Å². The van der Waals surface area contributed by atoms with Gasteiger partial charge in [-0.3, -0.25) is 0 Å². The Morgan fingerprint density at radius 2 is 1.25 bits per heavy atom. The molecule has 0 fully saturated rings. The van der Waals surface area contributed by atoms with E-state index >= 15 is 0 Å². The van der Waals surface area contributed by atoms with Crippen LogP contribution < -0.4 is 5.73 Å². The third-order valence-electron chi connectivity index (χ3n) is 2.50. The van der Waals surface area contributed by atoms with Gasteiger partial charge in [-0.25, -0.2) is 0 Å². The average Bonchev–Trinajstić information content (AvgIpc) is 2.27. The molecule has 1 heteroatoms. The molecule has 1 nitrogen and oxygen atoms in total. The van der Waals surface area contributed by atoms with Gasteiger partial charge in [0.05, 0.1) is 0 Å². The molecule has 0 bridgehead atoms. The zero-order valence-electron chi connectivity index (χ0n) is 11.0. The summed E-state index contributed by atoms with van der Waals surface area (Å²) in [6.45, 7) is 8.19. The van der Waals surface area contributed by atoms with Gasteiger partial charge in [0.25, 0.3) is 0 Å². The van der Waals surface area contributed by atoms with Crippen molar-refractivity contribution >= 4 is 0 Å². The van der Waals surface area contributed by atoms with E-state index in [9.17, 15) is 0 Å². The van der Waals surface area contributed by atoms with E-state index in [0.29, 0.717) is 0 Å². The quantitative estimate of drug-likeness (QED) is 0.668. The Hall–Kier alpha value is -1.08. The molecule has 0 heterocycles. The monoisotopic (exact) mass is 219 g/mol. The maximum atomic E-state index is 6.14. The zero-order valence-corrected chi connectivity index (χ0v) is 11.0. The van der Waals surface area contributed by atoms with Gasteiger partial charge in [0, 0.05) is 6.04 Å². The summed E-state index contributed by atoms with van der Waals surface area (Å²) in [5.74, 6) is 0. The minimum absolute atomic E-state index is 0.199. The zero-order chi connectivity index (χ0) is 12.4. The van der Waals surface area contributed by atoms with E-state index in [4.69, 9.17) is 5.73 Å². The lowest BCUT2D eigenvalue weighted by atomic mass is 9.99. The number of hydrogen-bond donors (Lipinski definition) is 1. The van der Waals surface area contributed by atoms with Gasteiger partial charge < -0.3 is 5.73 Å².